The first-order valence-electron chi connectivity index (χ1n) is 11.1. The van der Waals surface area contributed by atoms with Crippen LogP contribution < -0.4 is 9.47 Å². The highest BCUT2D eigenvalue weighted by Crippen LogP contribution is 2.47. The number of hydrogen-bond acceptors (Lipinski definition) is 5. The van der Waals surface area contributed by atoms with E-state index in [-0.39, 0.29) is 17.4 Å². The molecule has 4 rings (SSSR count). The van der Waals surface area contributed by atoms with Gasteiger partial charge in [0, 0.05) is 43.4 Å². The minimum atomic E-state index is -0.411. The van der Waals surface area contributed by atoms with E-state index in [0.29, 0.717) is 0 Å². The van der Waals surface area contributed by atoms with E-state index in [0.717, 1.165) is 44.0 Å². The SMILES string of the molecule is COc1ccc([C@H]2CN(Cc3ccncc3)C[C@@]2(C)[C@@H](C)O)cc1OC1CCCC1. The van der Waals surface area contributed by atoms with E-state index >= 15 is 0 Å². The number of aliphatic hydroxyl groups excluding tert-OH is 1. The number of benzene rings is 1. The van der Waals surface area contributed by atoms with E-state index in [1.807, 2.05) is 25.4 Å². The zero-order valence-electron chi connectivity index (χ0n) is 18.4. The van der Waals surface area contributed by atoms with Gasteiger partial charge in [-0.1, -0.05) is 13.0 Å². The molecule has 0 spiro atoms. The van der Waals surface area contributed by atoms with Crippen molar-refractivity contribution in [2.24, 2.45) is 5.41 Å². The second-order valence-corrected chi connectivity index (χ2v) is 9.19. The van der Waals surface area contributed by atoms with Crippen LogP contribution in [0.15, 0.2) is 42.7 Å². The normalized spacial score (nSPS) is 26.1. The molecule has 3 atom stereocenters. The summed E-state index contributed by atoms with van der Waals surface area (Å²) in [6.45, 7) is 6.74. The maximum absolute atomic E-state index is 10.7. The Morgan fingerprint density at radius 3 is 2.57 bits per heavy atom. The molecule has 1 aliphatic heterocycles. The molecule has 1 aromatic heterocycles. The summed E-state index contributed by atoms with van der Waals surface area (Å²) < 4.78 is 11.9. The van der Waals surface area contributed by atoms with Gasteiger partial charge < -0.3 is 14.6 Å². The van der Waals surface area contributed by atoms with E-state index < -0.39 is 6.10 Å². The zero-order valence-corrected chi connectivity index (χ0v) is 18.4. The first-order chi connectivity index (χ1) is 14.5. The summed E-state index contributed by atoms with van der Waals surface area (Å²) in [4.78, 5) is 6.56. The van der Waals surface area contributed by atoms with Gasteiger partial charge in [-0.25, -0.2) is 0 Å². The average Bonchev–Trinajstić information content (AvgIpc) is 3.37. The summed E-state index contributed by atoms with van der Waals surface area (Å²) >= 11 is 0. The Kier molecular flexibility index (Phi) is 6.30. The molecule has 0 radical (unpaired) electrons. The summed E-state index contributed by atoms with van der Waals surface area (Å²) in [6, 6.07) is 10.4. The second kappa shape index (κ2) is 8.94. The number of aliphatic hydroxyl groups is 1. The van der Waals surface area contributed by atoms with Gasteiger partial charge in [0.05, 0.1) is 19.3 Å². The Morgan fingerprint density at radius 2 is 1.90 bits per heavy atom. The Hall–Kier alpha value is -2.11. The number of ether oxygens (including phenoxy) is 2. The molecule has 1 saturated heterocycles. The molecular formula is C25H34N2O3. The third-order valence-electron chi connectivity index (χ3n) is 7.10. The van der Waals surface area contributed by atoms with E-state index in [2.05, 4.69) is 41.1 Å². The molecule has 0 bridgehead atoms. The van der Waals surface area contributed by atoms with Gasteiger partial charge in [0.15, 0.2) is 11.5 Å². The second-order valence-electron chi connectivity index (χ2n) is 9.19. The number of methoxy groups -OCH3 is 1. The number of pyridine rings is 1. The van der Waals surface area contributed by atoms with Gasteiger partial charge in [-0.15, -0.1) is 0 Å². The molecule has 0 unspecified atom stereocenters. The minimum absolute atomic E-state index is 0.219. The quantitative estimate of drug-likeness (QED) is 0.733. The Bertz CT molecular complexity index is 836. The lowest BCUT2D eigenvalue weighted by Crippen LogP contribution is -2.37. The molecule has 2 fully saturated rings. The van der Waals surface area contributed by atoms with Gasteiger partial charge in [-0.05, 0) is 68.0 Å². The molecule has 2 heterocycles. The van der Waals surface area contributed by atoms with Crippen LogP contribution >= 0.6 is 0 Å². The third-order valence-corrected chi connectivity index (χ3v) is 7.10. The monoisotopic (exact) mass is 410 g/mol. The lowest BCUT2D eigenvalue weighted by Gasteiger charge is -2.34. The Balaban J connectivity index is 1.59. The highest BCUT2D eigenvalue weighted by molar-refractivity contribution is 5.45. The van der Waals surface area contributed by atoms with Crippen molar-refractivity contribution in [2.75, 3.05) is 20.2 Å². The molecule has 0 amide bonds. The summed E-state index contributed by atoms with van der Waals surface area (Å²) in [5.74, 6) is 1.84. The lowest BCUT2D eigenvalue weighted by atomic mass is 9.72. The molecular weight excluding hydrogens is 376 g/mol. The van der Waals surface area contributed by atoms with Crippen molar-refractivity contribution < 1.29 is 14.6 Å². The first-order valence-corrected chi connectivity index (χ1v) is 11.1. The Labute approximate surface area is 180 Å². The third kappa shape index (κ3) is 4.33. The number of aromatic nitrogens is 1. The van der Waals surface area contributed by atoms with Crippen molar-refractivity contribution in [3.63, 3.8) is 0 Å². The fourth-order valence-electron chi connectivity index (χ4n) is 5.09. The summed E-state index contributed by atoms with van der Waals surface area (Å²) in [7, 11) is 1.70. The molecule has 30 heavy (non-hydrogen) atoms. The van der Waals surface area contributed by atoms with Crippen LogP contribution in [0, 0.1) is 5.41 Å². The van der Waals surface area contributed by atoms with Gasteiger partial charge in [-0.2, -0.15) is 0 Å². The van der Waals surface area contributed by atoms with Crippen molar-refractivity contribution in [1.29, 1.82) is 0 Å². The molecule has 2 aliphatic rings. The molecule has 1 aliphatic carbocycles. The zero-order chi connectivity index (χ0) is 21.1. The summed E-state index contributed by atoms with van der Waals surface area (Å²) in [5, 5.41) is 10.7. The molecule has 1 aromatic carbocycles. The molecule has 162 valence electrons. The van der Waals surface area contributed by atoms with Gasteiger partial charge in [-0.3, -0.25) is 9.88 Å². The topological polar surface area (TPSA) is 54.8 Å². The number of rotatable bonds is 7. The van der Waals surface area contributed by atoms with E-state index in [9.17, 15) is 5.11 Å². The Morgan fingerprint density at radius 1 is 1.17 bits per heavy atom. The highest BCUT2D eigenvalue weighted by Gasteiger charge is 2.47. The fourth-order valence-corrected chi connectivity index (χ4v) is 5.09. The number of likely N-dealkylation sites (tertiary alicyclic amines) is 1. The molecule has 5 nitrogen and oxygen atoms in total. The predicted octanol–water partition coefficient (Wildman–Crippen LogP) is 4.40. The van der Waals surface area contributed by atoms with Crippen LogP contribution in [0.4, 0.5) is 0 Å². The highest BCUT2D eigenvalue weighted by atomic mass is 16.5. The van der Waals surface area contributed by atoms with Crippen molar-refractivity contribution >= 4 is 0 Å². The molecule has 2 aromatic rings. The molecule has 5 heteroatoms. The summed E-state index contributed by atoms with van der Waals surface area (Å²) in [6.07, 6.45) is 8.25. The van der Waals surface area contributed by atoms with E-state index in [4.69, 9.17) is 9.47 Å². The minimum Gasteiger partial charge on any atom is -0.493 e. The van der Waals surface area contributed by atoms with Crippen molar-refractivity contribution in [3.8, 4) is 11.5 Å². The predicted molar refractivity (Wildman–Crippen MR) is 118 cm³/mol. The van der Waals surface area contributed by atoms with Crippen LogP contribution in [0.2, 0.25) is 0 Å². The van der Waals surface area contributed by atoms with Crippen molar-refractivity contribution in [3.05, 3.63) is 53.9 Å². The smallest absolute Gasteiger partial charge is 0.161 e. The van der Waals surface area contributed by atoms with Gasteiger partial charge in [0.25, 0.3) is 0 Å². The molecule has 1 N–H and O–H groups in total. The largest absolute Gasteiger partial charge is 0.493 e. The van der Waals surface area contributed by atoms with Crippen LogP contribution in [0.3, 0.4) is 0 Å². The number of hydrogen-bond donors (Lipinski definition) is 1. The van der Waals surface area contributed by atoms with Gasteiger partial charge in [0.2, 0.25) is 0 Å². The maximum atomic E-state index is 10.7. The van der Waals surface area contributed by atoms with Crippen LogP contribution in [0.1, 0.15) is 56.6 Å². The lowest BCUT2D eigenvalue weighted by molar-refractivity contribution is 0.0474. The maximum Gasteiger partial charge on any atom is 0.161 e. The van der Waals surface area contributed by atoms with Crippen LogP contribution in [0.5, 0.6) is 11.5 Å². The average molecular weight is 411 g/mol. The summed E-state index contributed by atoms with van der Waals surface area (Å²) in [5.41, 5.74) is 2.23. The molecule has 1 saturated carbocycles. The van der Waals surface area contributed by atoms with Crippen LogP contribution in [-0.2, 0) is 6.54 Å². The van der Waals surface area contributed by atoms with Crippen molar-refractivity contribution in [2.45, 2.75) is 64.2 Å². The fraction of sp³-hybridized carbons (Fsp3) is 0.560. The van der Waals surface area contributed by atoms with Crippen LogP contribution in [0.25, 0.3) is 0 Å². The van der Waals surface area contributed by atoms with Crippen LogP contribution in [-0.4, -0.2) is 47.4 Å². The standard InChI is InChI=1S/C25H34N2O3/c1-18(28)25(2)17-27(15-19-10-12-26-13-11-19)16-22(25)20-8-9-23(29-3)24(14-20)30-21-6-4-5-7-21/h8-14,18,21-22,28H,4-7,15-17H2,1-3H3/t18-,22-,25+/m1/s1. The van der Waals surface area contributed by atoms with Crippen molar-refractivity contribution in [1.82, 2.24) is 9.88 Å². The number of nitrogens with zero attached hydrogens (tertiary/aromatic N) is 2. The van der Waals surface area contributed by atoms with Gasteiger partial charge >= 0.3 is 0 Å². The van der Waals surface area contributed by atoms with E-state index in [1.165, 1.54) is 24.0 Å². The van der Waals surface area contributed by atoms with E-state index in [1.54, 1.807) is 7.11 Å². The first kappa shape index (κ1) is 21.1. The van der Waals surface area contributed by atoms with Gasteiger partial charge in [0.1, 0.15) is 0 Å².